The molecule has 30 heavy (non-hydrogen) atoms. The van der Waals surface area contributed by atoms with Gasteiger partial charge in [0.1, 0.15) is 22.8 Å². The number of phenolic OH excluding ortho intramolecular Hbond substituents is 2. The number of aromatic hydroxyl groups is 2. The number of rotatable bonds is 4. The molecule has 5 heteroatoms. The Hall–Kier alpha value is -2.82. The van der Waals surface area contributed by atoms with E-state index in [2.05, 4.69) is 13.8 Å². The van der Waals surface area contributed by atoms with Crippen LogP contribution in [0, 0.1) is 17.3 Å². The van der Waals surface area contributed by atoms with Crippen LogP contribution in [0.5, 0.6) is 17.2 Å². The van der Waals surface area contributed by atoms with Crippen molar-refractivity contribution < 1.29 is 24.5 Å². The molecule has 2 N–H and O–H groups in total. The number of hydrogen-bond acceptors (Lipinski definition) is 5. The summed E-state index contributed by atoms with van der Waals surface area (Å²) in [6, 6.07) is 9.82. The van der Waals surface area contributed by atoms with Crippen molar-refractivity contribution in [2.45, 2.75) is 51.0 Å². The molecular weight excluding hydrogens is 380 g/mol. The SMILES string of the molecule is CC(C)[C@]12CC[C@@]3(C[C@H](c4ccccc4)c4c(O)c(C=O)c(O)c(C=O)c4O3)[C@H]1C2. The third-order valence-corrected chi connectivity index (χ3v) is 8.07. The number of phenols is 2. The highest BCUT2D eigenvalue weighted by Gasteiger charge is 2.71. The fourth-order valence-corrected chi connectivity index (χ4v) is 6.30. The average molecular weight is 406 g/mol. The van der Waals surface area contributed by atoms with E-state index in [1.54, 1.807) is 0 Å². The van der Waals surface area contributed by atoms with Crippen LogP contribution in [0.1, 0.15) is 77.3 Å². The van der Waals surface area contributed by atoms with Crippen molar-refractivity contribution in [2.75, 3.05) is 0 Å². The Labute approximate surface area is 175 Å². The second-order valence-electron chi connectivity index (χ2n) is 9.48. The maximum absolute atomic E-state index is 12.0. The number of aldehydes is 2. The summed E-state index contributed by atoms with van der Waals surface area (Å²) in [7, 11) is 0. The number of carbonyl (C=O) groups excluding carboxylic acids is 2. The van der Waals surface area contributed by atoms with Crippen molar-refractivity contribution in [1.82, 2.24) is 0 Å². The lowest BCUT2D eigenvalue weighted by molar-refractivity contribution is 0.0216. The lowest BCUT2D eigenvalue weighted by Gasteiger charge is -2.42. The van der Waals surface area contributed by atoms with Crippen LogP contribution in [0.3, 0.4) is 0 Å². The number of fused-ring (bicyclic) bond motifs is 3. The highest BCUT2D eigenvalue weighted by molar-refractivity contribution is 5.95. The van der Waals surface area contributed by atoms with Gasteiger partial charge in [-0.3, -0.25) is 9.59 Å². The van der Waals surface area contributed by atoms with Gasteiger partial charge in [0.2, 0.25) is 0 Å². The molecule has 0 aromatic heterocycles. The van der Waals surface area contributed by atoms with Gasteiger partial charge >= 0.3 is 0 Å². The summed E-state index contributed by atoms with van der Waals surface area (Å²) in [4.78, 5) is 23.5. The third kappa shape index (κ3) is 2.35. The van der Waals surface area contributed by atoms with Crippen LogP contribution in [0.2, 0.25) is 0 Å². The van der Waals surface area contributed by atoms with Gasteiger partial charge in [-0.1, -0.05) is 44.2 Å². The van der Waals surface area contributed by atoms with Crippen molar-refractivity contribution in [3.8, 4) is 17.2 Å². The number of hydrogen-bond donors (Lipinski definition) is 2. The van der Waals surface area contributed by atoms with E-state index >= 15 is 0 Å². The van der Waals surface area contributed by atoms with E-state index in [1.165, 1.54) is 0 Å². The predicted octanol–water partition coefficient (Wildman–Crippen LogP) is 4.83. The summed E-state index contributed by atoms with van der Waals surface area (Å²) >= 11 is 0. The van der Waals surface area contributed by atoms with E-state index in [4.69, 9.17) is 4.74 Å². The van der Waals surface area contributed by atoms with Gasteiger partial charge in [-0.15, -0.1) is 0 Å². The third-order valence-electron chi connectivity index (χ3n) is 8.07. The molecule has 2 aromatic carbocycles. The molecule has 5 rings (SSSR count). The Balaban J connectivity index is 1.74. The highest BCUT2D eigenvalue weighted by Crippen LogP contribution is 2.74. The Morgan fingerprint density at radius 3 is 2.27 bits per heavy atom. The molecule has 2 fully saturated rings. The van der Waals surface area contributed by atoms with Crippen molar-refractivity contribution in [3.05, 3.63) is 52.6 Å². The normalized spacial score (nSPS) is 31.2. The monoisotopic (exact) mass is 406 g/mol. The standard InChI is InChI=1S/C25H26O5/c1-14(2)24-8-9-25(19(24)11-24)10-16(15-6-4-3-5-7-15)20-22(29)17(12-26)21(28)18(13-27)23(20)30-25/h3-7,12-14,16,19,28-29H,8-11H2,1-2H3/t16-,19+,24-,25-/m1/s1. The molecule has 2 aromatic rings. The van der Waals surface area contributed by atoms with Crippen LogP contribution in [0.4, 0.5) is 0 Å². The first-order chi connectivity index (χ1) is 14.4. The van der Waals surface area contributed by atoms with E-state index in [-0.39, 0.29) is 34.0 Å². The average Bonchev–Trinajstić information content (AvgIpc) is 3.43. The maximum atomic E-state index is 12.0. The molecule has 1 aliphatic heterocycles. The molecule has 0 saturated heterocycles. The molecule has 5 nitrogen and oxygen atoms in total. The van der Waals surface area contributed by atoms with Crippen molar-refractivity contribution in [3.63, 3.8) is 0 Å². The fraction of sp³-hybridized carbons (Fsp3) is 0.440. The minimum absolute atomic E-state index is 0.0485. The van der Waals surface area contributed by atoms with Gasteiger partial charge in [-0.2, -0.15) is 0 Å². The molecule has 0 bridgehead atoms. The zero-order valence-electron chi connectivity index (χ0n) is 17.2. The highest BCUT2D eigenvalue weighted by atomic mass is 16.5. The second kappa shape index (κ2) is 6.34. The molecule has 2 saturated carbocycles. The van der Waals surface area contributed by atoms with Crippen LogP contribution in [-0.2, 0) is 0 Å². The number of benzene rings is 2. The molecule has 3 aliphatic rings. The Morgan fingerprint density at radius 2 is 1.70 bits per heavy atom. The minimum atomic E-state index is -0.510. The van der Waals surface area contributed by atoms with E-state index in [1.807, 2.05) is 30.3 Å². The van der Waals surface area contributed by atoms with Crippen LogP contribution in [-0.4, -0.2) is 28.4 Å². The number of ether oxygens (including phenoxy) is 1. The van der Waals surface area contributed by atoms with Gasteiger partial charge in [0, 0.05) is 17.4 Å². The summed E-state index contributed by atoms with van der Waals surface area (Å²) in [6.45, 7) is 4.52. The van der Waals surface area contributed by atoms with E-state index in [0.717, 1.165) is 24.8 Å². The first-order valence-electron chi connectivity index (χ1n) is 10.6. The Morgan fingerprint density at radius 1 is 1.00 bits per heavy atom. The maximum Gasteiger partial charge on any atom is 0.157 e. The van der Waals surface area contributed by atoms with Gasteiger partial charge in [0.25, 0.3) is 0 Å². The lowest BCUT2D eigenvalue weighted by Crippen LogP contribution is -2.42. The smallest absolute Gasteiger partial charge is 0.157 e. The van der Waals surface area contributed by atoms with Gasteiger partial charge < -0.3 is 14.9 Å². The summed E-state index contributed by atoms with van der Waals surface area (Å²) in [5.41, 5.74) is 0.956. The van der Waals surface area contributed by atoms with Gasteiger partial charge in [-0.05, 0) is 42.6 Å². The Bertz CT molecular complexity index is 1040. The largest absolute Gasteiger partial charge is 0.507 e. The van der Waals surface area contributed by atoms with Gasteiger partial charge in [0.15, 0.2) is 12.6 Å². The fourth-order valence-electron chi connectivity index (χ4n) is 6.30. The molecule has 0 amide bonds. The molecule has 1 spiro atoms. The minimum Gasteiger partial charge on any atom is -0.507 e. The zero-order valence-corrected chi connectivity index (χ0v) is 17.2. The van der Waals surface area contributed by atoms with Crippen LogP contribution >= 0.6 is 0 Å². The predicted molar refractivity (Wildman–Crippen MR) is 111 cm³/mol. The quantitative estimate of drug-likeness (QED) is 0.711. The number of carbonyl (C=O) groups is 2. The summed E-state index contributed by atoms with van der Waals surface area (Å²) < 4.78 is 6.58. The van der Waals surface area contributed by atoms with Gasteiger partial charge in [0.05, 0.1) is 11.1 Å². The first kappa shape index (κ1) is 19.2. The van der Waals surface area contributed by atoms with Crippen LogP contribution in [0.15, 0.2) is 30.3 Å². The lowest BCUT2D eigenvalue weighted by atomic mass is 9.75. The second-order valence-corrected chi connectivity index (χ2v) is 9.48. The van der Waals surface area contributed by atoms with E-state index in [9.17, 15) is 19.8 Å². The van der Waals surface area contributed by atoms with Gasteiger partial charge in [-0.25, -0.2) is 0 Å². The molecule has 156 valence electrons. The summed E-state index contributed by atoms with van der Waals surface area (Å²) in [6.07, 6.45) is 4.66. The van der Waals surface area contributed by atoms with Crippen LogP contribution < -0.4 is 4.74 Å². The molecule has 4 atom stereocenters. The van der Waals surface area contributed by atoms with E-state index < -0.39 is 11.4 Å². The molecular formula is C25H26O5. The molecule has 0 unspecified atom stereocenters. The van der Waals surface area contributed by atoms with E-state index in [0.29, 0.717) is 36.4 Å². The summed E-state index contributed by atoms with van der Waals surface area (Å²) in [5, 5.41) is 21.5. The van der Waals surface area contributed by atoms with Crippen molar-refractivity contribution in [2.24, 2.45) is 17.3 Å². The molecule has 1 heterocycles. The zero-order chi connectivity index (χ0) is 21.3. The topological polar surface area (TPSA) is 83.8 Å². The summed E-state index contributed by atoms with van der Waals surface area (Å²) in [5.74, 6) is 0.138. The molecule has 0 radical (unpaired) electrons. The van der Waals surface area contributed by atoms with Crippen molar-refractivity contribution >= 4 is 12.6 Å². The molecule has 2 aliphatic carbocycles. The van der Waals surface area contributed by atoms with Crippen molar-refractivity contribution in [1.29, 1.82) is 0 Å². The van der Waals surface area contributed by atoms with Crippen LogP contribution in [0.25, 0.3) is 0 Å². The first-order valence-corrected chi connectivity index (χ1v) is 10.6. The Kier molecular flexibility index (Phi) is 4.05.